The summed E-state index contributed by atoms with van der Waals surface area (Å²) in [7, 11) is 0. The molecule has 0 fully saturated rings. The summed E-state index contributed by atoms with van der Waals surface area (Å²) in [6.45, 7) is 5.77. The van der Waals surface area contributed by atoms with E-state index in [0.29, 0.717) is 0 Å². The molecule has 1 N–H and O–H groups in total. The topological polar surface area (TPSA) is 41.0 Å². The van der Waals surface area contributed by atoms with Crippen molar-refractivity contribution in [2.24, 2.45) is 0 Å². The van der Waals surface area contributed by atoms with Crippen molar-refractivity contribution in [3.05, 3.63) is 77.1 Å². The lowest BCUT2D eigenvalue weighted by Gasteiger charge is -2.19. The number of para-hydroxylation sites is 1. The van der Waals surface area contributed by atoms with E-state index in [9.17, 15) is 0 Å². The molecule has 4 rings (SSSR count). The van der Waals surface area contributed by atoms with E-state index in [2.05, 4.69) is 75.6 Å². The molecule has 0 bridgehead atoms. The molecule has 1 aliphatic rings. The maximum absolute atomic E-state index is 4.66. The van der Waals surface area contributed by atoms with Crippen LogP contribution in [0.4, 0.5) is 17.3 Å². The average Bonchev–Trinajstić information content (AvgIpc) is 3.05. The van der Waals surface area contributed by atoms with Crippen molar-refractivity contribution in [1.29, 1.82) is 0 Å². The fourth-order valence-corrected chi connectivity index (χ4v) is 3.26. The Balaban J connectivity index is 1.56. The number of anilines is 3. The number of rotatable bonds is 4. The Hall–Kier alpha value is -2.88. The van der Waals surface area contributed by atoms with Crippen molar-refractivity contribution >= 4 is 17.3 Å². The lowest BCUT2D eigenvalue weighted by atomic mass is 10.1. The Morgan fingerprint density at radius 3 is 2.64 bits per heavy atom. The van der Waals surface area contributed by atoms with E-state index in [1.807, 2.05) is 13.0 Å². The number of hydrogen-bond acceptors (Lipinski definition) is 4. The standard InChI is InChI=1S/C21H22N4/c1-15-7-9-17(10-8-15)14-22-20-13-21(24-16(2)23-20)25-12-11-18-5-3-4-6-19(18)25/h3-10,13H,11-12,14H2,1-2H3,(H,22,23,24). The molecule has 0 radical (unpaired) electrons. The molecule has 0 aliphatic carbocycles. The Morgan fingerprint density at radius 1 is 1.00 bits per heavy atom. The lowest BCUT2D eigenvalue weighted by molar-refractivity contribution is 0.941. The fourth-order valence-electron chi connectivity index (χ4n) is 3.26. The van der Waals surface area contributed by atoms with Gasteiger partial charge in [-0.3, -0.25) is 0 Å². The van der Waals surface area contributed by atoms with Crippen molar-refractivity contribution in [2.45, 2.75) is 26.8 Å². The molecular weight excluding hydrogens is 308 g/mol. The zero-order valence-corrected chi connectivity index (χ0v) is 14.7. The monoisotopic (exact) mass is 330 g/mol. The van der Waals surface area contributed by atoms with Crippen molar-refractivity contribution in [3.8, 4) is 0 Å². The van der Waals surface area contributed by atoms with Crippen LogP contribution in [0.3, 0.4) is 0 Å². The summed E-state index contributed by atoms with van der Waals surface area (Å²) in [5.74, 6) is 2.62. The van der Waals surface area contributed by atoms with Gasteiger partial charge < -0.3 is 10.2 Å². The van der Waals surface area contributed by atoms with Crippen LogP contribution in [-0.2, 0) is 13.0 Å². The van der Waals surface area contributed by atoms with Gasteiger partial charge in [-0.1, -0.05) is 48.0 Å². The van der Waals surface area contributed by atoms with Crippen molar-refractivity contribution in [2.75, 3.05) is 16.8 Å². The van der Waals surface area contributed by atoms with Crippen molar-refractivity contribution in [1.82, 2.24) is 9.97 Å². The van der Waals surface area contributed by atoms with Crippen LogP contribution in [0.2, 0.25) is 0 Å². The van der Waals surface area contributed by atoms with Crippen LogP contribution >= 0.6 is 0 Å². The summed E-state index contributed by atoms with van der Waals surface area (Å²) in [6, 6.07) is 19.2. The highest BCUT2D eigenvalue weighted by molar-refractivity contribution is 5.68. The van der Waals surface area contributed by atoms with E-state index in [1.165, 1.54) is 22.4 Å². The first kappa shape index (κ1) is 15.6. The van der Waals surface area contributed by atoms with E-state index in [0.717, 1.165) is 37.0 Å². The molecule has 0 atom stereocenters. The van der Waals surface area contributed by atoms with Gasteiger partial charge in [0.25, 0.3) is 0 Å². The first-order valence-corrected chi connectivity index (χ1v) is 8.69. The summed E-state index contributed by atoms with van der Waals surface area (Å²) in [5, 5.41) is 3.43. The summed E-state index contributed by atoms with van der Waals surface area (Å²) in [5.41, 5.74) is 5.16. The van der Waals surface area contributed by atoms with Gasteiger partial charge in [-0.25, -0.2) is 9.97 Å². The van der Waals surface area contributed by atoms with E-state index in [1.54, 1.807) is 0 Å². The minimum atomic E-state index is 0.757. The molecule has 2 aromatic carbocycles. The second-order valence-electron chi connectivity index (χ2n) is 6.53. The van der Waals surface area contributed by atoms with E-state index in [-0.39, 0.29) is 0 Å². The zero-order valence-electron chi connectivity index (χ0n) is 14.7. The number of nitrogens with one attached hydrogen (secondary N) is 1. The van der Waals surface area contributed by atoms with Gasteiger partial charge in [0.05, 0.1) is 0 Å². The molecule has 2 heterocycles. The highest BCUT2D eigenvalue weighted by Crippen LogP contribution is 2.33. The van der Waals surface area contributed by atoms with Gasteiger partial charge in [-0.15, -0.1) is 0 Å². The van der Waals surface area contributed by atoms with E-state index in [4.69, 9.17) is 0 Å². The smallest absolute Gasteiger partial charge is 0.138 e. The third-order valence-electron chi connectivity index (χ3n) is 4.58. The Labute approximate surface area is 148 Å². The normalized spacial score (nSPS) is 13.0. The predicted molar refractivity (Wildman–Crippen MR) is 102 cm³/mol. The molecule has 1 aromatic heterocycles. The molecule has 3 aromatic rings. The van der Waals surface area contributed by atoms with Crippen LogP contribution in [-0.4, -0.2) is 16.5 Å². The quantitative estimate of drug-likeness (QED) is 0.770. The molecule has 4 heteroatoms. The maximum Gasteiger partial charge on any atom is 0.138 e. The molecule has 0 spiro atoms. The third kappa shape index (κ3) is 3.33. The Morgan fingerprint density at radius 2 is 1.80 bits per heavy atom. The highest BCUT2D eigenvalue weighted by atomic mass is 15.2. The molecule has 1 aliphatic heterocycles. The van der Waals surface area contributed by atoms with Crippen LogP contribution in [0, 0.1) is 13.8 Å². The minimum Gasteiger partial charge on any atom is -0.366 e. The molecular formula is C21H22N4. The SMILES string of the molecule is Cc1ccc(CNc2cc(N3CCc4ccccc43)nc(C)n2)cc1. The van der Waals surface area contributed by atoms with Crippen LogP contribution < -0.4 is 10.2 Å². The second kappa shape index (κ2) is 6.55. The molecule has 0 saturated carbocycles. The molecule has 4 nitrogen and oxygen atoms in total. The van der Waals surface area contributed by atoms with Gasteiger partial charge in [0.2, 0.25) is 0 Å². The first-order chi connectivity index (χ1) is 12.2. The third-order valence-corrected chi connectivity index (χ3v) is 4.58. The van der Waals surface area contributed by atoms with Gasteiger partial charge >= 0.3 is 0 Å². The van der Waals surface area contributed by atoms with Gasteiger partial charge in [0.15, 0.2) is 0 Å². The molecule has 126 valence electrons. The second-order valence-corrected chi connectivity index (χ2v) is 6.53. The number of fused-ring (bicyclic) bond motifs is 1. The summed E-state index contributed by atoms with van der Waals surface area (Å²) < 4.78 is 0. The molecule has 25 heavy (non-hydrogen) atoms. The highest BCUT2D eigenvalue weighted by Gasteiger charge is 2.21. The number of aromatic nitrogens is 2. The van der Waals surface area contributed by atoms with Crippen LogP contribution in [0.1, 0.15) is 22.5 Å². The molecule has 0 saturated heterocycles. The van der Waals surface area contributed by atoms with Crippen LogP contribution in [0.5, 0.6) is 0 Å². The zero-order chi connectivity index (χ0) is 17.2. The van der Waals surface area contributed by atoms with Gasteiger partial charge in [-0.05, 0) is 37.5 Å². The number of aryl methyl sites for hydroxylation is 2. The number of benzene rings is 2. The van der Waals surface area contributed by atoms with Crippen molar-refractivity contribution < 1.29 is 0 Å². The molecule has 0 amide bonds. The minimum absolute atomic E-state index is 0.757. The average molecular weight is 330 g/mol. The Bertz CT molecular complexity index is 887. The van der Waals surface area contributed by atoms with Gasteiger partial charge in [-0.2, -0.15) is 0 Å². The summed E-state index contributed by atoms with van der Waals surface area (Å²) in [6.07, 6.45) is 1.06. The Kier molecular flexibility index (Phi) is 4.10. The van der Waals surface area contributed by atoms with E-state index < -0.39 is 0 Å². The maximum atomic E-state index is 4.66. The first-order valence-electron chi connectivity index (χ1n) is 8.69. The number of nitrogens with zero attached hydrogens (tertiary/aromatic N) is 3. The number of hydrogen-bond donors (Lipinski definition) is 1. The lowest BCUT2D eigenvalue weighted by Crippen LogP contribution is -2.16. The predicted octanol–water partition coefficient (Wildman–Crippen LogP) is 4.40. The van der Waals surface area contributed by atoms with Gasteiger partial charge in [0.1, 0.15) is 17.5 Å². The van der Waals surface area contributed by atoms with Crippen LogP contribution in [0.15, 0.2) is 54.6 Å². The molecule has 0 unspecified atom stereocenters. The van der Waals surface area contributed by atoms with E-state index >= 15 is 0 Å². The summed E-state index contributed by atoms with van der Waals surface area (Å²) >= 11 is 0. The largest absolute Gasteiger partial charge is 0.366 e. The summed E-state index contributed by atoms with van der Waals surface area (Å²) in [4.78, 5) is 11.5. The fraction of sp³-hybridized carbons (Fsp3) is 0.238. The van der Waals surface area contributed by atoms with Gasteiger partial charge in [0, 0.05) is 24.8 Å². The van der Waals surface area contributed by atoms with Crippen molar-refractivity contribution in [3.63, 3.8) is 0 Å². The van der Waals surface area contributed by atoms with Crippen LogP contribution in [0.25, 0.3) is 0 Å².